The van der Waals surface area contributed by atoms with Gasteiger partial charge in [-0.05, 0) is 19.1 Å². The van der Waals surface area contributed by atoms with E-state index in [1.165, 1.54) is 19.2 Å². The highest BCUT2D eigenvalue weighted by atomic mass is 32.2. The summed E-state index contributed by atoms with van der Waals surface area (Å²) in [5.41, 5.74) is 0.341. The summed E-state index contributed by atoms with van der Waals surface area (Å²) in [5, 5.41) is 0. The van der Waals surface area contributed by atoms with Crippen LogP contribution in [0.5, 0.6) is 0 Å². The van der Waals surface area contributed by atoms with Crippen molar-refractivity contribution in [1.82, 2.24) is 4.31 Å². The summed E-state index contributed by atoms with van der Waals surface area (Å²) < 4.78 is 36.6. The number of sulfonamides is 1. The maximum absolute atomic E-state index is 13.0. The summed E-state index contributed by atoms with van der Waals surface area (Å²) in [6.07, 6.45) is -2.01. The van der Waals surface area contributed by atoms with Gasteiger partial charge in [-0.15, -0.1) is 0 Å². The van der Waals surface area contributed by atoms with Crippen LogP contribution in [-0.4, -0.2) is 44.0 Å². The Morgan fingerprint density at radius 1 is 1.24 bits per heavy atom. The summed E-state index contributed by atoms with van der Waals surface area (Å²) in [6, 6.07) is 5.18. The number of aryl methyl sites for hydroxylation is 1. The molecule has 2 atom stereocenters. The van der Waals surface area contributed by atoms with Crippen LogP contribution >= 0.6 is 0 Å². The zero-order valence-corrected chi connectivity index (χ0v) is 15.8. The molecule has 0 N–H and O–H groups in total. The van der Waals surface area contributed by atoms with Crippen LogP contribution < -0.4 is 0 Å². The molecule has 1 aromatic rings. The number of esters is 1. The summed E-state index contributed by atoms with van der Waals surface area (Å²) in [5.74, 6) is -0.610. The van der Waals surface area contributed by atoms with Crippen molar-refractivity contribution in [1.29, 1.82) is 0 Å². The number of amides is 1. The van der Waals surface area contributed by atoms with Crippen LogP contribution in [0, 0.1) is 12.3 Å². The number of cyclic esters (lactones) is 1. The molecule has 1 aliphatic heterocycles. The second kappa shape index (κ2) is 6.67. The third-order valence-corrected chi connectivity index (χ3v) is 5.90. The Morgan fingerprint density at radius 2 is 1.80 bits per heavy atom. The average Bonchev–Trinajstić information content (AvgIpc) is 2.84. The van der Waals surface area contributed by atoms with Crippen LogP contribution in [0.3, 0.4) is 0 Å². The minimum Gasteiger partial charge on any atom is -0.469 e. The molecule has 8 heteroatoms. The first kappa shape index (κ1) is 19.2. The number of carbonyl (C=O) groups excluding carboxylic acids is 2. The Bertz CT molecular complexity index is 763. The normalized spacial score (nSPS) is 21.2. The quantitative estimate of drug-likeness (QED) is 0.758. The monoisotopic (exact) mass is 369 g/mol. The van der Waals surface area contributed by atoms with Crippen molar-refractivity contribution < 1.29 is 27.5 Å². The maximum atomic E-state index is 13.0. The predicted molar refractivity (Wildman–Crippen MR) is 90.3 cm³/mol. The van der Waals surface area contributed by atoms with Crippen molar-refractivity contribution in [3.8, 4) is 0 Å². The molecule has 0 radical (unpaired) electrons. The third-order valence-electron chi connectivity index (χ3n) is 4.09. The second-order valence-electron chi connectivity index (χ2n) is 7.13. The van der Waals surface area contributed by atoms with E-state index in [4.69, 9.17) is 4.74 Å². The predicted octanol–water partition coefficient (Wildman–Crippen LogP) is 2.48. The SMILES string of the molecule is COC(=O)CC1C(C(C)(C)C)OC(=O)N1S(=O)(=O)c1ccc(C)cc1. The molecule has 2 rings (SSSR count). The van der Waals surface area contributed by atoms with E-state index < -0.39 is 39.6 Å². The van der Waals surface area contributed by atoms with Crippen molar-refractivity contribution in [2.75, 3.05) is 7.11 Å². The number of ether oxygens (including phenoxy) is 2. The van der Waals surface area contributed by atoms with Crippen LogP contribution in [0.25, 0.3) is 0 Å². The second-order valence-corrected chi connectivity index (χ2v) is 8.95. The molecule has 0 bridgehead atoms. The first-order valence-electron chi connectivity index (χ1n) is 7.87. The van der Waals surface area contributed by atoms with E-state index in [0.29, 0.717) is 4.31 Å². The lowest BCUT2D eigenvalue weighted by molar-refractivity contribution is -0.142. The molecule has 1 amide bonds. The Kier molecular flexibility index (Phi) is 5.13. The zero-order valence-electron chi connectivity index (χ0n) is 15.0. The van der Waals surface area contributed by atoms with E-state index in [9.17, 15) is 18.0 Å². The van der Waals surface area contributed by atoms with E-state index in [1.54, 1.807) is 12.1 Å². The van der Waals surface area contributed by atoms with Gasteiger partial charge in [0.2, 0.25) is 0 Å². The smallest absolute Gasteiger partial charge is 0.424 e. The lowest BCUT2D eigenvalue weighted by atomic mass is 9.84. The fourth-order valence-corrected chi connectivity index (χ4v) is 4.28. The molecular formula is C17H23NO6S. The van der Waals surface area contributed by atoms with Gasteiger partial charge in [-0.3, -0.25) is 4.79 Å². The van der Waals surface area contributed by atoms with Crippen LogP contribution in [0.4, 0.5) is 4.79 Å². The number of rotatable bonds is 4. The minimum absolute atomic E-state index is 0.0283. The number of carbonyl (C=O) groups is 2. The van der Waals surface area contributed by atoms with E-state index in [1.807, 2.05) is 27.7 Å². The molecule has 7 nitrogen and oxygen atoms in total. The Hall–Kier alpha value is -2.09. The van der Waals surface area contributed by atoms with E-state index >= 15 is 0 Å². The van der Waals surface area contributed by atoms with Crippen molar-refractivity contribution in [2.45, 2.75) is 51.2 Å². The lowest BCUT2D eigenvalue weighted by Gasteiger charge is -2.30. The van der Waals surface area contributed by atoms with Crippen LogP contribution in [-0.2, 0) is 24.3 Å². The van der Waals surface area contributed by atoms with Gasteiger partial charge in [0.15, 0.2) is 0 Å². The van der Waals surface area contributed by atoms with Gasteiger partial charge in [-0.1, -0.05) is 38.5 Å². The largest absolute Gasteiger partial charge is 0.469 e. The zero-order chi connectivity index (χ0) is 19.0. The van der Waals surface area contributed by atoms with Crippen molar-refractivity contribution in [2.24, 2.45) is 5.41 Å². The van der Waals surface area contributed by atoms with Crippen LogP contribution in [0.2, 0.25) is 0 Å². The standard InChI is InChI=1S/C17H23NO6S/c1-11-6-8-12(9-7-11)25(21,22)18-13(10-14(19)23-5)15(17(2,3)4)24-16(18)20/h6-9,13,15H,10H2,1-5H3. The van der Waals surface area contributed by atoms with Gasteiger partial charge in [-0.2, -0.15) is 4.31 Å². The van der Waals surface area contributed by atoms with E-state index in [0.717, 1.165) is 5.56 Å². The van der Waals surface area contributed by atoms with Crippen molar-refractivity contribution >= 4 is 22.1 Å². The molecule has 0 aliphatic carbocycles. The molecule has 1 saturated heterocycles. The fraction of sp³-hybridized carbons (Fsp3) is 0.529. The molecule has 1 aliphatic rings. The first-order chi connectivity index (χ1) is 11.5. The molecule has 1 aromatic carbocycles. The third kappa shape index (κ3) is 3.78. The highest BCUT2D eigenvalue weighted by Crippen LogP contribution is 2.37. The molecule has 1 heterocycles. The molecule has 0 aromatic heterocycles. The van der Waals surface area contributed by atoms with Crippen molar-refractivity contribution in [3.05, 3.63) is 29.8 Å². The molecule has 0 spiro atoms. The van der Waals surface area contributed by atoms with Gasteiger partial charge < -0.3 is 9.47 Å². The molecule has 1 fully saturated rings. The van der Waals surface area contributed by atoms with E-state index in [2.05, 4.69) is 4.74 Å². The van der Waals surface area contributed by atoms with Crippen LogP contribution in [0.15, 0.2) is 29.2 Å². The van der Waals surface area contributed by atoms with Gasteiger partial charge in [0, 0.05) is 5.41 Å². The number of benzene rings is 1. The fourth-order valence-electron chi connectivity index (χ4n) is 2.80. The Morgan fingerprint density at radius 3 is 2.28 bits per heavy atom. The topological polar surface area (TPSA) is 90.0 Å². The van der Waals surface area contributed by atoms with Crippen molar-refractivity contribution in [3.63, 3.8) is 0 Å². The Labute approximate surface area is 148 Å². The van der Waals surface area contributed by atoms with Gasteiger partial charge >= 0.3 is 12.1 Å². The van der Waals surface area contributed by atoms with Gasteiger partial charge in [-0.25, -0.2) is 13.2 Å². The highest BCUT2D eigenvalue weighted by Gasteiger charge is 2.53. The highest BCUT2D eigenvalue weighted by molar-refractivity contribution is 7.89. The van der Waals surface area contributed by atoms with Gasteiger partial charge in [0.1, 0.15) is 6.10 Å². The molecular weight excluding hydrogens is 346 g/mol. The number of methoxy groups -OCH3 is 1. The molecule has 138 valence electrons. The summed E-state index contributed by atoms with van der Waals surface area (Å²) in [7, 11) is -2.94. The molecule has 2 unspecified atom stereocenters. The van der Waals surface area contributed by atoms with E-state index in [-0.39, 0.29) is 11.3 Å². The summed E-state index contributed by atoms with van der Waals surface area (Å²) in [4.78, 5) is 24.1. The van der Waals surface area contributed by atoms with Crippen LogP contribution in [0.1, 0.15) is 32.8 Å². The Balaban J connectivity index is 2.49. The summed E-state index contributed by atoms with van der Waals surface area (Å²) in [6.45, 7) is 7.28. The lowest BCUT2D eigenvalue weighted by Crippen LogP contribution is -2.46. The maximum Gasteiger partial charge on any atom is 0.424 e. The minimum atomic E-state index is -4.15. The van der Waals surface area contributed by atoms with Gasteiger partial charge in [0.25, 0.3) is 10.0 Å². The molecule has 0 saturated carbocycles. The molecule has 25 heavy (non-hydrogen) atoms. The summed E-state index contributed by atoms with van der Waals surface area (Å²) >= 11 is 0. The average molecular weight is 369 g/mol. The first-order valence-corrected chi connectivity index (χ1v) is 9.31. The number of hydrogen-bond acceptors (Lipinski definition) is 6. The van der Waals surface area contributed by atoms with Gasteiger partial charge in [0.05, 0.1) is 24.5 Å². The number of hydrogen-bond donors (Lipinski definition) is 0. The number of nitrogens with zero attached hydrogens (tertiary/aromatic N) is 1.